The van der Waals surface area contributed by atoms with Crippen molar-refractivity contribution in [2.75, 3.05) is 0 Å². The SMILES string of the molecule is CCC(C)CC(C)NCc1nonc1C. The van der Waals surface area contributed by atoms with E-state index in [4.69, 9.17) is 0 Å². The highest BCUT2D eigenvalue weighted by Crippen LogP contribution is 2.10. The molecule has 0 aliphatic rings. The Hall–Kier alpha value is -0.900. The van der Waals surface area contributed by atoms with Crippen molar-refractivity contribution in [3.63, 3.8) is 0 Å². The second-order valence-corrected chi connectivity index (χ2v) is 4.33. The van der Waals surface area contributed by atoms with Crippen LogP contribution >= 0.6 is 0 Å². The van der Waals surface area contributed by atoms with Crippen LogP contribution in [0.3, 0.4) is 0 Å². The third-order valence-corrected chi connectivity index (χ3v) is 2.82. The second-order valence-electron chi connectivity index (χ2n) is 4.33. The van der Waals surface area contributed by atoms with Gasteiger partial charge in [-0.05, 0) is 26.2 Å². The Bertz CT molecular complexity index is 285. The first-order valence-corrected chi connectivity index (χ1v) is 5.64. The van der Waals surface area contributed by atoms with Gasteiger partial charge in [-0.1, -0.05) is 30.6 Å². The molecule has 4 heteroatoms. The zero-order valence-electron chi connectivity index (χ0n) is 10.1. The molecule has 86 valence electrons. The standard InChI is InChI=1S/C11H21N3O/c1-5-8(2)6-9(3)12-7-11-10(4)13-15-14-11/h8-9,12H,5-7H2,1-4H3. The Morgan fingerprint density at radius 1 is 1.33 bits per heavy atom. The summed E-state index contributed by atoms with van der Waals surface area (Å²) < 4.78 is 4.64. The first-order chi connectivity index (χ1) is 7.13. The van der Waals surface area contributed by atoms with Crippen LogP contribution in [0, 0.1) is 12.8 Å². The molecule has 1 heterocycles. The van der Waals surface area contributed by atoms with Crippen molar-refractivity contribution in [3.8, 4) is 0 Å². The van der Waals surface area contributed by atoms with Gasteiger partial charge in [0.2, 0.25) is 0 Å². The smallest absolute Gasteiger partial charge is 0.121 e. The van der Waals surface area contributed by atoms with E-state index >= 15 is 0 Å². The zero-order valence-corrected chi connectivity index (χ0v) is 10.1. The summed E-state index contributed by atoms with van der Waals surface area (Å²) in [6.45, 7) is 9.36. The van der Waals surface area contributed by atoms with Crippen LogP contribution in [0.4, 0.5) is 0 Å². The molecule has 0 radical (unpaired) electrons. The van der Waals surface area contributed by atoms with Gasteiger partial charge in [0.1, 0.15) is 11.4 Å². The maximum atomic E-state index is 4.64. The van der Waals surface area contributed by atoms with Gasteiger partial charge in [-0.25, -0.2) is 4.63 Å². The van der Waals surface area contributed by atoms with Crippen molar-refractivity contribution in [2.45, 2.75) is 53.1 Å². The molecule has 0 bridgehead atoms. The van der Waals surface area contributed by atoms with E-state index < -0.39 is 0 Å². The van der Waals surface area contributed by atoms with E-state index in [9.17, 15) is 0 Å². The van der Waals surface area contributed by atoms with Gasteiger partial charge >= 0.3 is 0 Å². The summed E-state index contributed by atoms with van der Waals surface area (Å²) >= 11 is 0. The van der Waals surface area contributed by atoms with Gasteiger partial charge in [-0.2, -0.15) is 0 Å². The molecular formula is C11H21N3O. The Morgan fingerprint density at radius 2 is 2.07 bits per heavy atom. The van der Waals surface area contributed by atoms with E-state index in [1.165, 1.54) is 12.8 Å². The van der Waals surface area contributed by atoms with Gasteiger partial charge in [0, 0.05) is 12.6 Å². The third kappa shape index (κ3) is 4.00. The first kappa shape index (κ1) is 12.2. The minimum atomic E-state index is 0.510. The molecule has 0 amide bonds. The van der Waals surface area contributed by atoms with E-state index in [-0.39, 0.29) is 0 Å². The van der Waals surface area contributed by atoms with Gasteiger partial charge < -0.3 is 5.32 Å². The van der Waals surface area contributed by atoms with Gasteiger partial charge in [-0.15, -0.1) is 0 Å². The topological polar surface area (TPSA) is 51.0 Å². The minimum absolute atomic E-state index is 0.510. The summed E-state index contributed by atoms with van der Waals surface area (Å²) in [5.74, 6) is 0.768. The molecule has 0 aliphatic carbocycles. The first-order valence-electron chi connectivity index (χ1n) is 5.64. The summed E-state index contributed by atoms with van der Waals surface area (Å²) in [5.41, 5.74) is 1.78. The molecule has 0 fully saturated rings. The number of aryl methyl sites for hydroxylation is 1. The number of nitrogens with zero attached hydrogens (tertiary/aromatic N) is 2. The normalized spacial score (nSPS) is 15.2. The fourth-order valence-electron chi connectivity index (χ4n) is 1.53. The average Bonchev–Trinajstić information content (AvgIpc) is 2.61. The molecule has 4 nitrogen and oxygen atoms in total. The molecule has 1 rings (SSSR count). The van der Waals surface area contributed by atoms with Crippen molar-refractivity contribution >= 4 is 0 Å². The molecular weight excluding hydrogens is 190 g/mol. The monoisotopic (exact) mass is 211 g/mol. The van der Waals surface area contributed by atoms with Crippen LogP contribution in [0.2, 0.25) is 0 Å². The van der Waals surface area contributed by atoms with Gasteiger partial charge in [0.25, 0.3) is 0 Å². The van der Waals surface area contributed by atoms with Crippen LogP contribution in [0.1, 0.15) is 45.0 Å². The number of hydrogen-bond donors (Lipinski definition) is 1. The zero-order chi connectivity index (χ0) is 11.3. The molecule has 1 N–H and O–H groups in total. The molecule has 0 aliphatic heterocycles. The van der Waals surface area contributed by atoms with Crippen LogP contribution < -0.4 is 5.32 Å². The molecule has 2 unspecified atom stereocenters. The average molecular weight is 211 g/mol. The fourth-order valence-corrected chi connectivity index (χ4v) is 1.53. The molecule has 0 aromatic carbocycles. The van der Waals surface area contributed by atoms with Crippen LogP contribution in [0.5, 0.6) is 0 Å². The lowest BCUT2D eigenvalue weighted by atomic mass is 10.0. The molecule has 15 heavy (non-hydrogen) atoms. The number of aromatic nitrogens is 2. The molecule has 0 saturated heterocycles. The van der Waals surface area contributed by atoms with Crippen LogP contribution in [0.25, 0.3) is 0 Å². The highest BCUT2D eigenvalue weighted by Gasteiger charge is 2.09. The molecule has 1 aromatic heterocycles. The quantitative estimate of drug-likeness (QED) is 0.784. The lowest BCUT2D eigenvalue weighted by Gasteiger charge is -2.16. The number of nitrogens with one attached hydrogen (secondary N) is 1. The minimum Gasteiger partial charge on any atom is -0.308 e. The van der Waals surface area contributed by atoms with Gasteiger partial charge in [0.15, 0.2) is 0 Å². The highest BCUT2D eigenvalue weighted by atomic mass is 16.6. The predicted molar refractivity (Wildman–Crippen MR) is 59.4 cm³/mol. The molecule has 0 saturated carbocycles. The van der Waals surface area contributed by atoms with E-state index in [0.29, 0.717) is 6.04 Å². The second kappa shape index (κ2) is 5.85. The van der Waals surface area contributed by atoms with E-state index in [0.717, 1.165) is 23.9 Å². The number of rotatable bonds is 6. The Morgan fingerprint density at radius 3 is 2.60 bits per heavy atom. The van der Waals surface area contributed by atoms with Crippen molar-refractivity contribution < 1.29 is 4.63 Å². The summed E-state index contributed by atoms with van der Waals surface area (Å²) in [5, 5.41) is 11.0. The lowest BCUT2D eigenvalue weighted by Crippen LogP contribution is -2.27. The van der Waals surface area contributed by atoms with E-state index in [1.807, 2.05) is 6.92 Å². The molecule has 0 spiro atoms. The highest BCUT2D eigenvalue weighted by molar-refractivity contribution is 5.03. The Kier molecular flexibility index (Phi) is 4.75. The van der Waals surface area contributed by atoms with E-state index in [2.05, 4.69) is 41.0 Å². The van der Waals surface area contributed by atoms with Crippen LogP contribution in [-0.4, -0.2) is 16.4 Å². The summed E-state index contributed by atoms with van der Waals surface area (Å²) in [6.07, 6.45) is 2.43. The number of hydrogen-bond acceptors (Lipinski definition) is 4. The summed E-state index contributed by atoms with van der Waals surface area (Å²) in [4.78, 5) is 0. The van der Waals surface area contributed by atoms with Crippen LogP contribution in [-0.2, 0) is 6.54 Å². The Balaban J connectivity index is 2.28. The van der Waals surface area contributed by atoms with Crippen molar-refractivity contribution in [1.82, 2.24) is 15.6 Å². The molecule has 1 aromatic rings. The van der Waals surface area contributed by atoms with Gasteiger partial charge in [0.05, 0.1) is 0 Å². The van der Waals surface area contributed by atoms with Gasteiger partial charge in [-0.3, -0.25) is 0 Å². The fraction of sp³-hybridized carbons (Fsp3) is 0.818. The van der Waals surface area contributed by atoms with E-state index in [1.54, 1.807) is 0 Å². The van der Waals surface area contributed by atoms with Crippen molar-refractivity contribution in [3.05, 3.63) is 11.4 Å². The lowest BCUT2D eigenvalue weighted by molar-refractivity contribution is 0.299. The maximum Gasteiger partial charge on any atom is 0.121 e. The Labute approximate surface area is 91.4 Å². The van der Waals surface area contributed by atoms with Crippen LogP contribution in [0.15, 0.2) is 4.63 Å². The maximum absolute atomic E-state index is 4.64. The molecule has 2 atom stereocenters. The third-order valence-electron chi connectivity index (χ3n) is 2.82. The van der Waals surface area contributed by atoms with Crippen molar-refractivity contribution in [1.29, 1.82) is 0 Å². The van der Waals surface area contributed by atoms with Crippen molar-refractivity contribution in [2.24, 2.45) is 5.92 Å². The summed E-state index contributed by atoms with van der Waals surface area (Å²) in [6, 6.07) is 0.510. The predicted octanol–water partition coefficient (Wildman–Crippen LogP) is 2.29. The largest absolute Gasteiger partial charge is 0.308 e. The summed E-state index contributed by atoms with van der Waals surface area (Å²) in [7, 11) is 0.